The number of para-hydroxylation sites is 1. The van der Waals surface area contributed by atoms with Crippen LogP contribution < -0.4 is 10.6 Å². The molecule has 0 saturated heterocycles. The molecule has 0 aliphatic carbocycles. The third kappa shape index (κ3) is 4.89. The molecule has 9 nitrogen and oxygen atoms in total. The van der Waals surface area contributed by atoms with Gasteiger partial charge in [0.25, 0.3) is 0 Å². The second kappa shape index (κ2) is 9.05. The van der Waals surface area contributed by atoms with Gasteiger partial charge in [-0.1, -0.05) is 18.2 Å². The van der Waals surface area contributed by atoms with Crippen LogP contribution in [0.3, 0.4) is 0 Å². The Morgan fingerprint density at radius 2 is 2.14 bits per heavy atom. The minimum atomic E-state index is -0.486. The Bertz CT molecular complexity index is 949. The number of aliphatic hydroxyl groups is 1. The Labute approximate surface area is 161 Å². The van der Waals surface area contributed by atoms with Crippen molar-refractivity contribution in [2.24, 2.45) is 0 Å². The lowest BCUT2D eigenvalue weighted by Crippen LogP contribution is -2.41. The van der Waals surface area contributed by atoms with Gasteiger partial charge in [0, 0.05) is 29.4 Å². The summed E-state index contributed by atoms with van der Waals surface area (Å²) in [4.78, 5) is 26.9. The van der Waals surface area contributed by atoms with E-state index in [4.69, 9.17) is 4.74 Å². The van der Waals surface area contributed by atoms with E-state index in [-0.39, 0.29) is 13.2 Å². The summed E-state index contributed by atoms with van der Waals surface area (Å²) in [6.45, 7) is 1.79. The molecule has 0 aliphatic heterocycles. The SMILES string of the molecule is CCOC(=O)Cn1ccc(NC(=O)NC(CO)Cc2c[nH]c3ccccc23)n1. The zero-order valence-corrected chi connectivity index (χ0v) is 15.5. The van der Waals surface area contributed by atoms with E-state index in [0.29, 0.717) is 18.8 Å². The van der Waals surface area contributed by atoms with Crippen molar-refractivity contribution in [3.63, 3.8) is 0 Å². The van der Waals surface area contributed by atoms with Crippen molar-refractivity contribution in [3.8, 4) is 0 Å². The molecule has 0 saturated carbocycles. The number of benzene rings is 1. The molecular weight excluding hydrogens is 362 g/mol. The summed E-state index contributed by atoms with van der Waals surface area (Å²) in [5.74, 6) is -0.105. The molecule has 3 rings (SSSR count). The highest BCUT2D eigenvalue weighted by atomic mass is 16.5. The number of fused-ring (bicyclic) bond motifs is 1. The molecule has 0 aliphatic rings. The Morgan fingerprint density at radius 1 is 1.32 bits per heavy atom. The number of aliphatic hydroxyl groups excluding tert-OH is 1. The number of aromatic nitrogens is 3. The lowest BCUT2D eigenvalue weighted by atomic mass is 10.1. The predicted molar refractivity (Wildman–Crippen MR) is 104 cm³/mol. The smallest absolute Gasteiger partial charge is 0.327 e. The minimum absolute atomic E-state index is 0.0308. The molecule has 1 unspecified atom stereocenters. The zero-order chi connectivity index (χ0) is 19.9. The molecule has 2 aromatic heterocycles. The van der Waals surface area contributed by atoms with Crippen LogP contribution in [-0.2, 0) is 22.5 Å². The number of urea groups is 1. The number of hydrogen-bond acceptors (Lipinski definition) is 5. The number of nitrogens with zero attached hydrogens (tertiary/aromatic N) is 2. The summed E-state index contributed by atoms with van der Waals surface area (Å²) < 4.78 is 6.23. The van der Waals surface area contributed by atoms with Gasteiger partial charge in [0.1, 0.15) is 6.54 Å². The van der Waals surface area contributed by atoms with E-state index < -0.39 is 18.0 Å². The Hall–Kier alpha value is -3.33. The molecule has 2 heterocycles. The van der Waals surface area contributed by atoms with Gasteiger partial charge >= 0.3 is 12.0 Å². The van der Waals surface area contributed by atoms with E-state index in [2.05, 4.69) is 20.7 Å². The number of aromatic amines is 1. The van der Waals surface area contributed by atoms with E-state index in [9.17, 15) is 14.7 Å². The van der Waals surface area contributed by atoms with Gasteiger partial charge in [-0.2, -0.15) is 5.10 Å². The van der Waals surface area contributed by atoms with Crippen LogP contribution in [0.2, 0.25) is 0 Å². The van der Waals surface area contributed by atoms with Gasteiger partial charge in [0.2, 0.25) is 0 Å². The standard InChI is InChI=1S/C19H23N5O4/c1-2-28-18(26)11-24-8-7-17(23-24)22-19(27)21-14(12-25)9-13-10-20-16-6-4-3-5-15(13)16/h3-8,10,14,20,25H,2,9,11-12H2,1H3,(H2,21,22,23,27). The normalized spacial score (nSPS) is 11.9. The van der Waals surface area contributed by atoms with Gasteiger partial charge in [-0.3, -0.25) is 14.8 Å². The number of anilines is 1. The minimum Gasteiger partial charge on any atom is -0.465 e. The first-order valence-corrected chi connectivity index (χ1v) is 9.01. The van der Waals surface area contributed by atoms with E-state index in [1.54, 1.807) is 19.2 Å². The fraction of sp³-hybridized carbons (Fsp3) is 0.316. The van der Waals surface area contributed by atoms with Crippen LogP contribution in [0.15, 0.2) is 42.7 Å². The Balaban J connectivity index is 1.55. The van der Waals surface area contributed by atoms with Gasteiger partial charge in [-0.05, 0) is 25.0 Å². The number of esters is 1. The maximum Gasteiger partial charge on any atom is 0.327 e. The van der Waals surface area contributed by atoms with Gasteiger partial charge < -0.3 is 20.1 Å². The average molecular weight is 385 g/mol. The van der Waals surface area contributed by atoms with Crippen LogP contribution in [0.25, 0.3) is 10.9 Å². The van der Waals surface area contributed by atoms with E-state index in [0.717, 1.165) is 16.5 Å². The van der Waals surface area contributed by atoms with Crippen molar-refractivity contribution in [1.29, 1.82) is 0 Å². The molecule has 1 atom stereocenters. The highest BCUT2D eigenvalue weighted by Crippen LogP contribution is 2.19. The summed E-state index contributed by atoms with van der Waals surface area (Å²) in [6, 6.07) is 8.48. The summed E-state index contributed by atoms with van der Waals surface area (Å²) >= 11 is 0. The summed E-state index contributed by atoms with van der Waals surface area (Å²) in [5.41, 5.74) is 2.01. The van der Waals surface area contributed by atoms with Gasteiger partial charge in [-0.15, -0.1) is 0 Å². The second-order valence-corrected chi connectivity index (χ2v) is 6.25. The number of carbonyl (C=O) groups is 2. The van der Waals surface area contributed by atoms with Crippen molar-refractivity contribution in [2.75, 3.05) is 18.5 Å². The summed E-state index contributed by atoms with van der Waals surface area (Å²) in [7, 11) is 0. The van der Waals surface area contributed by atoms with Crippen molar-refractivity contribution in [1.82, 2.24) is 20.1 Å². The predicted octanol–water partition coefficient (Wildman–Crippen LogP) is 1.65. The first-order valence-electron chi connectivity index (χ1n) is 9.01. The molecule has 0 bridgehead atoms. The number of nitrogens with one attached hydrogen (secondary N) is 3. The van der Waals surface area contributed by atoms with Crippen molar-refractivity contribution < 1.29 is 19.4 Å². The molecule has 0 radical (unpaired) electrons. The number of ether oxygens (including phenoxy) is 1. The third-order valence-corrected chi connectivity index (χ3v) is 4.18. The molecule has 0 spiro atoms. The van der Waals surface area contributed by atoms with Gasteiger partial charge in [-0.25, -0.2) is 4.79 Å². The average Bonchev–Trinajstić information content (AvgIpc) is 3.28. The zero-order valence-electron chi connectivity index (χ0n) is 15.5. The van der Waals surface area contributed by atoms with Crippen molar-refractivity contribution >= 4 is 28.7 Å². The lowest BCUT2D eigenvalue weighted by molar-refractivity contribution is -0.144. The Morgan fingerprint density at radius 3 is 2.93 bits per heavy atom. The third-order valence-electron chi connectivity index (χ3n) is 4.18. The van der Waals surface area contributed by atoms with Gasteiger partial charge in [0.15, 0.2) is 5.82 Å². The molecule has 4 N–H and O–H groups in total. The van der Waals surface area contributed by atoms with Gasteiger partial charge in [0.05, 0.1) is 19.3 Å². The highest BCUT2D eigenvalue weighted by molar-refractivity contribution is 5.88. The fourth-order valence-corrected chi connectivity index (χ4v) is 2.92. The van der Waals surface area contributed by atoms with Crippen LogP contribution in [0.4, 0.5) is 10.6 Å². The highest BCUT2D eigenvalue weighted by Gasteiger charge is 2.15. The molecule has 1 aromatic carbocycles. The number of hydrogen-bond donors (Lipinski definition) is 4. The first kappa shape index (κ1) is 19.4. The van der Waals surface area contributed by atoms with Crippen molar-refractivity contribution in [3.05, 3.63) is 48.3 Å². The molecule has 3 aromatic rings. The lowest BCUT2D eigenvalue weighted by Gasteiger charge is -2.16. The van der Waals surface area contributed by atoms with Crippen molar-refractivity contribution in [2.45, 2.75) is 25.9 Å². The quantitative estimate of drug-likeness (QED) is 0.439. The first-order chi connectivity index (χ1) is 13.6. The molecule has 9 heteroatoms. The second-order valence-electron chi connectivity index (χ2n) is 6.25. The van der Waals surface area contributed by atoms with Crippen LogP contribution >= 0.6 is 0 Å². The molecule has 2 amide bonds. The van der Waals surface area contributed by atoms with E-state index in [1.807, 2.05) is 30.5 Å². The summed E-state index contributed by atoms with van der Waals surface area (Å²) in [5, 5.41) is 20.1. The van der Waals surface area contributed by atoms with Crippen LogP contribution in [-0.4, -0.2) is 51.1 Å². The van der Waals surface area contributed by atoms with E-state index >= 15 is 0 Å². The number of carbonyl (C=O) groups excluding carboxylic acids is 2. The van der Waals surface area contributed by atoms with Crippen LogP contribution in [0, 0.1) is 0 Å². The number of amides is 2. The largest absolute Gasteiger partial charge is 0.465 e. The Kier molecular flexibility index (Phi) is 6.28. The van der Waals surface area contributed by atoms with Crippen LogP contribution in [0.5, 0.6) is 0 Å². The molecule has 148 valence electrons. The maximum atomic E-state index is 12.2. The topological polar surface area (TPSA) is 121 Å². The maximum absolute atomic E-state index is 12.2. The number of rotatable bonds is 8. The molecule has 28 heavy (non-hydrogen) atoms. The molecule has 0 fully saturated rings. The van der Waals surface area contributed by atoms with Crippen LogP contribution in [0.1, 0.15) is 12.5 Å². The monoisotopic (exact) mass is 385 g/mol. The van der Waals surface area contributed by atoms with E-state index in [1.165, 1.54) is 4.68 Å². The number of H-pyrrole nitrogens is 1. The summed E-state index contributed by atoms with van der Waals surface area (Å²) in [6.07, 6.45) is 3.93. The fourth-order valence-electron chi connectivity index (χ4n) is 2.92. The molecular formula is C19H23N5O4.